The Bertz CT molecular complexity index is 657. The molecule has 0 aliphatic carbocycles. The summed E-state index contributed by atoms with van der Waals surface area (Å²) >= 11 is 3.43. The van der Waals surface area contributed by atoms with Gasteiger partial charge in [0.1, 0.15) is 5.75 Å². The van der Waals surface area contributed by atoms with Gasteiger partial charge in [-0.25, -0.2) is 0 Å². The normalized spacial score (nSPS) is 10.2. The predicted molar refractivity (Wildman–Crippen MR) is 97.1 cm³/mol. The first kappa shape index (κ1) is 17.3. The van der Waals surface area contributed by atoms with Crippen LogP contribution in [0.1, 0.15) is 11.1 Å². The number of aryl methyl sites for hydroxylation is 1. The van der Waals surface area contributed by atoms with Crippen LogP contribution >= 0.6 is 15.9 Å². The minimum atomic E-state index is -0.0131. The van der Waals surface area contributed by atoms with Crippen LogP contribution in [0.2, 0.25) is 0 Å². The van der Waals surface area contributed by atoms with Gasteiger partial charge < -0.3 is 15.4 Å². The Morgan fingerprint density at radius 2 is 1.91 bits per heavy atom. The lowest BCUT2D eigenvalue weighted by Crippen LogP contribution is -2.31. The monoisotopic (exact) mass is 376 g/mol. The van der Waals surface area contributed by atoms with Crippen molar-refractivity contribution in [3.05, 3.63) is 58.1 Å². The number of hydrogen-bond donors (Lipinski definition) is 2. The molecule has 2 aromatic carbocycles. The van der Waals surface area contributed by atoms with Crippen molar-refractivity contribution in [1.82, 2.24) is 5.32 Å². The molecule has 5 heteroatoms. The summed E-state index contributed by atoms with van der Waals surface area (Å²) in [6, 6.07) is 13.8. The highest BCUT2D eigenvalue weighted by Gasteiger charge is 2.03. The number of anilines is 1. The van der Waals surface area contributed by atoms with Gasteiger partial charge in [0, 0.05) is 16.7 Å². The lowest BCUT2D eigenvalue weighted by Gasteiger charge is -2.10. The van der Waals surface area contributed by atoms with Crippen LogP contribution in [0.4, 0.5) is 5.69 Å². The SMILES string of the molecule is COc1ccc(CCNC(=O)CNc2ccc(Br)cc2C)cc1. The van der Waals surface area contributed by atoms with Gasteiger partial charge in [-0.1, -0.05) is 28.1 Å². The summed E-state index contributed by atoms with van der Waals surface area (Å²) in [6.45, 7) is 2.89. The lowest BCUT2D eigenvalue weighted by molar-refractivity contribution is -0.119. The Kier molecular flexibility index (Phi) is 6.47. The molecule has 2 aromatic rings. The maximum absolute atomic E-state index is 11.9. The zero-order valence-corrected chi connectivity index (χ0v) is 14.9. The van der Waals surface area contributed by atoms with Crippen LogP contribution < -0.4 is 15.4 Å². The Hall–Kier alpha value is -2.01. The van der Waals surface area contributed by atoms with E-state index in [1.165, 1.54) is 5.56 Å². The molecular weight excluding hydrogens is 356 g/mol. The molecule has 0 aliphatic heterocycles. The van der Waals surface area contributed by atoms with Crippen molar-refractivity contribution in [2.45, 2.75) is 13.3 Å². The number of amides is 1. The van der Waals surface area contributed by atoms with Crippen LogP contribution in [0.15, 0.2) is 46.9 Å². The first-order chi connectivity index (χ1) is 11.1. The zero-order valence-electron chi connectivity index (χ0n) is 13.4. The third-order valence-corrected chi connectivity index (χ3v) is 4.02. The van der Waals surface area contributed by atoms with Crippen molar-refractivity contribution < 1.29 is 9.53 Å². The molecule has 0 heterocycles. The number of carbonyl (C=O) groups is 1. The zero-order chi connectivity index (χ0) is 16.7. The number of methoxy groups -OCH3 is 1. The van der Waals surface area contributed by atoms with Crippen LogP contribution in [0.25, 0.3) is 0 Å². The van der Waals surface area contributed by atoms with E-state index in [1.807, 2.05) is 49.4 Å². The Morgan fingerprint density at radius 3 is 2.57 bits per heavy atom. The van der Waals surface area contributed by atoms with Gasteiger partial charge in [-0.2, -0.15) is 0 Å². The maximum Gasteiger partial charge on any atom is 0.239 e. The van der Waals surface area contributed by atoms with E-state index in [4.69, 9.17) is 4.74 Å². The minimum absolute atomic E-state index is 0.0131. The topological polar surface area (TPSA) is 50.4 Å². The highest BCUT2D eigenvalue weighted by Crippen LogP contribution is 2.19. The van der Waals surface area contributed by atoms with Crippen LogP contribution in [0, 0.1) is 6.92 Å². The van der Waals surface area contributed by atoms with E-state index >= 15 is 0 Å². The van der Waals surface area contributed by atoms with E-state index in [-0.39, 0.29) is 12.5 Å². The van der Waals surface area contributed by atoms with E-state index in [0.29, 0.717) is 6.54 Å². The summed E-state index contributed by atoms with van der Waals surface area (Å²) in [5.41, 5.74) is 3.24. The summed E-state index contributed by atoms with van der Waals surface area (Å²) in [7, 11) is 1.65. The molecule has 2 N–H and O–H groups in total. The van der Waals surface area contributed by atoms with Crippen molar-refractivity contribution in [1.29, 1.82) is 0 Å². The van der Waals surface area contributed by atoms with Crippen molar-refractivity contribution >= 4 is 27.5 Å². The Morgan fingerprint density at radius 1 is 1.17 bits per heavy atom. The predicted octanol–water partition coefficient (Wildman–Crippen LogP) is 3.54. The van der Waals surface area contributed by atoms with Crippen LogP contribution in [-0.4, -0.2) is 26.1 Å². The van der Waals surface area contributed by atoms with Gasteiger partial charge in [-0.05, 0) is 54.8 Å². The van der Waals surface area contributed by atoms with Crippen molar-refractivity contribution in [2.75, 3.05) is 25.5 Å². The second-order valence-corrected chi connectivity index (χ2v) is 6.18. The molecule has 23 heavy (non-hydrogen) atoms. The fraction of sp³-hybridized carbons (Fsp3) is 0.278. The molecule has 0 saturated heterocycles. The van der Waals surface area contributed by atoms with Crippen LogP contribution in [0.3, 0.4) is 0 Å². The summed E-state index contributed by atoms with van der Waals surface area (Å²) in [6.07, 6.45) is 0.799. The number of nitrogens with one attached hydrogen (secondary N) is 2. The first-order valence-corrected chi connectivity index (χ1v) is 8.27. The number of benzene rings is 2. The summed E-state index contributed by atoms with van der Waals surface area (Å²) < 4.78 is 6.15. The highest BCUT2D eigenvalue weighted by molar-refractivity contribution is 9.10. The largest absolute Gasteiger partial charge is 0.497 e. The van der Waals surface area contributed by atoms with Gasteiger partial charge >= 0.3 is 0 Å². The molecular formula is C18H21BrN2O2. The molecule has 4 nitrogen and oxygen atoms in total. The standard InChI is InChI=1S/C18H21BrN2O2/c1-13-11-15(19)5-8-17(13)21-12-18(22)20-10-9-14-3-6-16(23-2)7-4-14/h3-8,11,21H,9-10,12H2,1-2H3,(H,20,22). The third kappa shape index (κ3) is 5.60. The number of halogens is 1. The van der Waals surface area contributed by atoms with Gasteiger partial charge in [-0.3, -0.25) is 4.79 Å². The third-order valence-electron chi connectivity index (χ3n) is 3.52. The highest BCUT2D eigenvalue weighted by atomic mass is 79.9. The average Bonchev–Trinajstić information content (AvgIpc) is 2.54. The van der Waals surface area contributed by atoms with Crippen LogP contribution in [0.5, 0.6) is 5.75 Å². The average molecular weight is 377 g/mol. The molecule has 0 aromatic heterocycles. The van der Waals surface area contributed by atoms with Crippen molar-refractivity contribution in [2.24, 2.45) is 0 Å². The number of carbonyl (C=O) groups excluding carboxylic acids is 1. The number of rotatable bonds is 7. The molecule has 0 saturated carbocycles. The molecule has 0 radical (unpaired) electrons. The smallest absolute Gasteiger partial charge is 0.239 e. The van der Waals surface area contributed by atoms with Gasteiger partial charge in [0.25, 0.3) is 0 Å². The molecule has 0 fully saturated rings. The molecule has 0 aliphatic rings. The van der Waals surface area contributed by atoms with Gasteiger partial charge in [0.05, 0.1) is 13.7 Å². The molecule has 0 atom stereocenters. The second kappa shape index (κ2) is 8.58. The van der Waals surface area contributed by atoms with E-state index in [1.54, 1.807) is 7.11 Å². The van der Waals surface area contributed by atoms with Gasteiger partial charge in [0.2, 0.25) is 5.91 Å². The van der Waals surface area contributed by atoms with Crippen molar-refractivity contribution in [3.8, 4) is 5.75 Å². The summed E-state index contributed by atoms with van der Waals surface area (Å²) in [5, 5.41) is 6.07. The fourth-order valence-electron chi connectivity index (χ4n) is 2.20. The molecule has 122 valence electrons. The number of ether oxygens (including phenoxy) is 1. The summed E-state index contributed by atoms with van der Waals surface area (Å²) in [4.78, 5) is 11.9. The minimum Gasteiger partial charge on any atom is -0.497 e. The fourth-order valence-corrected chi connectivity index (χ4v) is 2.68. The van der Waals surface area contributed by atoms with E-state index in [2.05, 4.69) is 26.6 Å². The summed E-state index contributed by atoms with van der Waals surface area (Å²) in [5.74, 6) is 0.827. The maximum atomic E-state index is 11.9. The molecule has 0 bridgehead atoms. The second-order valence-electron chi connectivity index (χ2n) is 5.26. The van der Waals surface area contributed by atoms with E-state index in [0.717, 1.165) is 27.9 Å². The van der Waals surface area contributed by atoms with E-state index < -0.39 is 0 Å². The lowest BCUT2D eigenvalue weighted by atomic mass is 10.1. The molecule has 2 rings (SSSR count). The van der Waals surface area contributed by atoms with Crippen LogP contribution in [-0.2, 0) is 11.2 Å². The molecule has 0 unspecified atom stereocenters. The van der Waals surface area contributed by atoms with Gasteiger partial charge in [0.15, 0.2) is 0 Å². The Labute approximate surface area is 145 Å². The Balaban J connectivity index is 1.72. The quantitative estimate of drug-likeness (QED) is 0.776. The van der Waals surface area contributed by atoms with Crippen molar-refractivity contribution in [3.63, 3.8) is 0 Å². The number of hydrogen-bond acceptors (Lipinski definition) is 3. The van der Waals surface area contributed by atoms with Gasteiger partial charge in [-0.15, -0.1) is 0 Å². The first-order valence-electron chi connectivity index (χ1n) is 7.48. The van der Waals surface area contributed by atoms with E-state index in [9.17, 15) is 4.79 Å². The molecule has 0 spiro atoms. The molecule has 1 amide bonds.